The normalized spacial score (nSPS) is 18.0. The number of carbonyl (C=O) groups excluding carboxylic acids is 1. The Morgan fingerprint density at radius 2 is 1.81 bits per heavy atom. The predicted molar refractivity (Wildman–Crippen MR) is 130 cm³/mol. The topological polar surface area (TPSA) is 38.8 Å². The van der Waals surface area contributed by atoms with E-state index in [1.165, 1.54) is 16.7 Å². The molecule has 4 heteroatoms. The van der Waals surface area contributed by atoms with E-state index in [1.807, 2.05) is 20.8 Å². The third-order valence-corrected chi connectivity index (χ3v) is 6.46. The summed E-state index contributed by atoms with van der Waals surface area (Å²) in [7, 11) is 0. The number of hydrogen-bond acceptors (Lipinski definition) is 4. The minimum absolute atomic E-state index is 0.108. The zero-order valence-corrected chi connectivity index (χ0v) is 19.8. The van der Waals surface area contributed by atoms with Crippen LogP contribution in [0.1, 0.15) is 62.3 Å². The second-order valence-electron chi connectivity index (χ2n) is 10.3. The molecule has 170 valence electrons. The van der Waals surface area contributed by atoms with Crippen LogP contribution in [0.2, 0.25) is 0 Å². The highest BCUT2D eigenvalue weighted by Gasteiger charge is 2.43. The molecule has 0 N–H and O–H groups in total. The van der Waals surface area contributed by atoms with Gasteiger partial charge in [0.2, 0.25) is 0 Å². The van der Waals surface area contributed by atoms with Gasteiger partial charge in [0.25, 0.3) is 0 Å². The average Bonchev–Trinajstić information content (AvgIpc) is 3.08. The highest BCUT2D eigenvalue weighted by atomic mass is 16.6. The van der Waals surface area contributed by atoms with Crippen molar-refractivity contribution in [3.05, 3.63) is 64.7 Å². The Balaban J connectivity index is 1.35. The van der Waals surface area contributed by atoms with Gasteiger partial charge in [-0.3, -0.25) is 4.79 Å². The van der Waals surface area contributed by atoms with Crippen molar-refractivity contribution in [1.29, 1.82) is 0 Å². The zero-order chi connectivity index (χ0) is 22.8. The molecule has 0 atom stereocenters. The van der Waals surface area contributed by atoms with Crippen molar-refractivity contribution >= 4 is 18.1 Å². The first-order valence-corrected chi connectivity index (χ1v) is 11.7. The lowest BCUT2D eigenvalue weighted by Gasteiger charge is -2.38. The van der Waals surface area contributed by atoms with Gasteiger partial charge in [0.15, 0.2) is 0 Å². The van der Waals surface area contributed by atoms with Gasteiger partial charge >= 0.3 is 5.97 Å². The number of carbonyl (C=O) groups is 1. The first-order valence-electron chi connectivity index (χ1n) is 11.7. The van der Waals surface area contributed by atoms with Gasteiger partial charge < -0.3 is 14.4 Å². The lowest BCUT2D eigenvalue weighted by molar-refractivity contribution is -0.155. The van der Waals surface area contributed by atoms with Crippen LogP contribution in [0.3, 0.4) is 0 Å². The number of rotatable bonds is 5. The molecule has 2 aliphatic rings. The summed E-state index contributed by atoms with van der Waals surface area (Å²) >= 11 is 0. The quantitative estimate of drug-likeness (QED) is 0.453. The van der Waals surface area contributed by atoms with Gasteiger partial charge in [0.1, 0.15) is 11.4 Å². The second-order valence-corrected chi connectivity index (χ2v) is 10.3. The smallest absolute Gasteiger partial charge is 0.307 e. The number of likely N-dealkylation sites (tertiary alicyclic amines) is 1. The largest absolute Gasteiger partial charge is 0.492 e. The molecule has 32 heavy (non-hydrogen) atoms. The highest BCUT2D eigenvalue weighted by molar-refractivity contribution is 5.71. The van der Waals surface area contributed by atoms with Gasteiger partial charge in [-0.25, -0.2) is 0 Å². The minimum Gasteiger partial charge on any atom is -0.492 e. The maximum atomic E-state index is 12.0. The Kier molecular flexibility index (Phi) is 6.43. The molecule has 0 radical (unpaired) electrons. The van der Waals surface area contributed by atoms with Gasteiger partial charge in [0, 0.05) is 17.5 Å². The fourth-order valence-electron chi connectivity index (χ4n) is 4.72. The summed E-state index contributed by atoms with van der Waals surface area (Å²) in [5.74, 6) is 0.914. The lowest BCUT2D eigenvalue weighted by atomic mass is 9.74. The minimum atomic E-state index is -0.415. The standard InChI is InChI=1S/C28H35NO3/c1-21-6-5-7-22(18-21)8-9-23-10-11-24-25(19-23)31-20-28(24)13-16-29(17-14-28)15-12-26(30)32-27(2,3)4/h5-11,18-19H,12-17,20H2,1-4H3/b9-8+. The lowest BCUT2D eigenvalue weighted by Crippen LogP contribution is -2.44. The van der Waals surface area contributed by atoms with E-state index in [0.717, 1.165) is 50.4 Å². The molecular weight excluding hydrogens is 398 g/mol. The van der Waals surface area contributed by atoms with Gasteiger partial charge in [-0.15, -0.1) is 0 Å². The summed E-state index contributed by atoms with van der Waals surface area (Å²) in [4.78, 5) is 14.4. The van der Waals surface area contributed by atoms with Crippen LogP contribution >= 0.6 is 0 Å². The molecule has 2 heterocycles. The van der Waals surface area contributed by atoms with Crippen molar-refractivity contribution in [3.8, 4) is 5.75 Å². The number of esters is 1. The van der Waals surface area contributed by atoms with E-state index in [-0.39, 0.29) is 11.4 Å². The number of hydrogen-bond donors (Lipinski definition) is 0. The third-order valence-electron chi connectivity index (χ3n) is 6.46. The maximum Gasteiger partial charge on any atom is 0.307 e. The molecule has 0 bridgehead atoms. The molecule has 4 rings (SSSR count). The Hall–Kier alpha value is -2.59. The molecule has 0 aliphatic carbocycles. The summed E-state index contributed by atoms with van der Waals surface area (Å²) in [5, 5.41) is 0. The van der Waals surface area contributed by atoms with Crippen LogP contribution in [0.15, 0.2) is 42.5 Å². The van der Waals surface area contributed by atoms with Crippen molar-refractivity contribution in [2.24, 2.45) is 0 Å². The van der Waals surface area contributed by atoms with Crippen molar-refractivity contribution in [3.63, 3.8) is 0 Å². The predicted octanol–water partition coefficient (Wildman–Crippen LogP) is 5.62. The van der Waals surface area contributed by atoms with Gasteiger partial charge in [-0.1, -0.05) is 54.1 Å². The molecule has 0 saturated carbocycles. The molecule has 1 saturated heterocycles. The second kappa shape index (κ2) is 9.11. The Morgan fingerprint density at radius 1 is 1.09 bits per heavy atom. The number of ether oxygens (including phenoxy) is 2. The molecule has 0 unspecified atom stereocenters. The molecule has 1 fully saturated rings. The first-order chi connectivity index (χ1) is 15.2. The first kappa shape index (κ1) is 22.6. The van der Waals surface area contributed by atoms with Crippen molar-refractivity contribution in [2.45, 2.75) is 58.0 Å². The summed E-state index contributed by atoms with van der Waals surface area (Å²) in [6.45, 7) is 11.4. The van der Waals surface area contributed by atoms with Crippen LogP contribution in [0, 0.1) is 6.92 Å². The van der Waals surface area contributed by atoms with Crippen LogP contribution in [-0.2, 0) is 14.9 Å². The van der Waals surface area contributed by atoms with Gasteiger partial charge in [-0.2, -0.15) is 0 Å². The fraction of sp³-hybridized carbons (Fsp3) is 0.464. The van der Waals surface area contributed by atoms with Crippen LogP contribution in [0.25, 0.3) is 12.2 Å². The Bertz CT molecular complexity index is 994. The van der Waals surface area contributed by atoms with Crippen LogP contribution in [0.5, 0.6) is 5.75 Å². The molecule has 2 aromatic carbocycles. The van der Waals surface area contributed by atoms with Crippen molar-refractivity contribution in [1.82, 2.24) is 4.90 Å². The summed E-state index contributed by atoms with van der Waals surface area (Å²) in [5.41, 5.74) is 4.68. The third kappa shape index (κ3) is 5.42. The van der Waals surface area contributed by atoms with E-state index in [9.17, 15) is 4.79 Å². The Morgan fingerprint density at radius 3 is 2.50 bits per heavy atom. The fourth-order valence-corrected chi connectivity index (χ4v) is 4.72. The number of nitrogens with zero attached hydrogens (tertiary/aromatic N) is 1. The zero-order valence-electron chi connectivity index (χ0n) is 19.8. The maximum absolute atomic E-state index is 12.0. The van der Waals surface area contributed by atoms with Crippen LogP contribution < -0.4 is 4.74 Å². The van der Waals surface area contributed by atoms with Crippen LogP contribution in [0.4, 0.5) is 0 Å². The van der Waals surface area contributed by atoms with E-state index in [2.05, 4.69) is 66.4 Å². The summed E-state index contributed by atoms with van der Waals surface area (Å²) < 4.78 is 11.6. The number of aryl methyl sites for hydroxylation is 1. The molecular formula is C28H35NO3. The summed E-state index contributed by atoms with van der Waals surface area (Å²) in [6.07, 6.45) is 6.89. The van der Waals surface area contributed by atoms with Crippen molar-refractivity contribution in [2.75, 3.05) is 26.2 Å². The highest BCUT2D eigenvalue weighted by Crippen LogP contribution is 2.46. The SMILES string of the molecule is Cc1cccc(/C=C/c2ccc3c(c2)OCC32CCN(CCC(=O)OC(C)(C)C)CC2)c1. The van der Waals surface area contributed by atoms with Crippen LogP contribution in [-0.4, -0.2) is 42.7 Å². The van der Waals surface area contributed by atoms with E-state index in [0.29, 0.717) is 6.42 Å². The van der Waals surface area contributed by atoms with E-state index in [1.54, 1.807) is 0 Å². The molecule has 0 amide bonds. The van der Waals surface area contributed by atoms with Gasteiger partial charge in [-0.05, 0) is 70.8 Å². The van der Waals surface area contributed by atoms with E-state index >= 15 is 0 Å². The summed E-state index contributed by atoms with van der Waals surface area (Å²) in [6, 6.07) is 15.1. The van der Waals surface area contributed by atoms with Gasteiger partial charge in [0.05, 0.1) is 13.0 Å². The molecule has 1 spiro atoms. The monoisotopic (exact) mass is 433 g/mol. The Labute approximate surface area is 192 Å². The molecule has 4 nitrogen and oxygen atoms in total. The number of benzene rings is 2. The molecule has 0 aromatic heterocycles. The molecule has 2 aliphatic heterocycles. The number of fused-ring (bicyclic) bond motifs is 2. The average molecular weight is 434 g/mol. The van der Waals surface area contributed by atoms with E-state index < -0.39 is 5.60 Å². The number of piperidine rings is 1. The van der Waals surface area contributed by atoms with E-state index in [4.69, 9.17) is 9.47 Å². The molecule has 2 aromatic rings. The van der Waals surface area contributed by atoms with Crippen molar-refractivity contribution < 1.29 is 14.3 Å².